The highest BCUT2D eigenvalue weighted by Crippen LogP contribution is 2.28. The van der Waals surface area contributed by atoms with Gasteiger partial charge in [0.25, 0.3) is 10.1 Å². The van der Waals surface area contributed by atoms with Gasteiger partial charge in [0.05, 0.1) is 11.1 Å². The van der Waals surface area contributed by atoms with Gasteiger partial charge in [-0.3, -0.25) is 9.65 Å². The number of nitrogens with one attached hydrogen (secondary N) is 1. The molecule has 3 aromatic rings. The fraction of sp³-hybridized carbons (Fsp3) is 0. The Kier molecular flexibility index (Phi) is 2.58. The van der Waals surface area contributed by atoms with Crippen LogP contribution in [0.25, 0.3) is 22.0 Å². The van der Waals surface area contributed by atoms with Gasteiger partial charge in [-0.1, -0.05) is 29.5 Å². The molecule has 0 amide bonds. The first-order valence-corrected chi connectivity index (χ1v) is 6.87. The summed E-state index contributed by atoms with van der Waals surface area (Å²) in [6.07, 6.45) is 1.62. The number of nitrogens with zero attached hydrogens (tertiary/aromatic N) is 2. The zero-order chi connectivity index (χ0) is 13.5. The number of aromatic nitrogens is 3. The monoisotopic (exact) mass is 275 g/mol. The van der Waals surface area contributed by atoms with Crippen molar-refractivity contribution < 1.29 is 13.0 Å². The van der Waals surface area contributed by atoms with Crippen molar-refractivity contribution in [3.63, 3.8) is 0 Å². The highest BCUT2D eigenvalue weighted by atomic mass is 32.2. The molecule has 0 aliphatic carbocycles. The highest BCUT2D eigenvalue weighted by Gasteiger charge is 2.12. The minimum atomic E-state index is -4.22. The van der Waals surface area contributed by atoms with E-state index in [2.05, 4.69) is 15.4 Å². The summed E-state index contributed by atoms with van der Waals surface area (Å²) in [4.78, 5) is -0.143. The van der Waals surface area contributed by atoms with Crippen LogP contribution < -0.4 is 0 Å². The Morgan fingerprint density at radius 3 is 2.68 bits per heavy atom. The Bertz CT molecular complexity index is 842. The Labute approximate surface area is 108 Å². The summed E-state index contributed by atoms with van der Waals surface area (Å²) in [7, 11) is -4.22. The molecular weight excluding hydrogens is 266 g/mol. The van der Waals surface area contributed by atoms with Gasteiger partial charge in [-0.25, -0.2) is 0 Å². The maximum Gasteiger partial charge on any atom is 0.294 e. The standard InChI is InChI=1S/C12H9N3O3S/c16-19(17,18)9-5-4-8-2-1-3-10(11(8)6-9)12-7-13-15-14-12/h1-7H,(H,13,14,15)(H,16,17,18). The van der Waals surface area contributed by atoms with E-state index in [9.17, 15) is 8.42 Å². The van der Waals surface area contributed by atoms with Gasteiger partial charge in [0.2, 0.25) is 0 Å². The minimum absolute atomic E-state index is 0.143. The molecule has 0 saturated carbocycles. The summed E-state index contributed by atoms with van der Waals surface area (Å²) in [5.41, 5.74) is 1.36. The summed E-state index contributed by atoms with van der Waals surface area (Å²) in [5.74, 6) is 0. The molecule has 0 aliphatic rings. The number of H-pyrrole nitrogens is 1. The quantitative estimate of drug-likeness (QED) is 0.696. The number of hydrogen-bond donors (Lipinski definition) is 2. The van der Waals surface area contributed by atoms with Gasteiger partial charge >= 0.3 is 0 Å². The first kappa shape index (κ1) is 11.8. The Balaban J connectivity index is 2.35. The first-order valence-electron chi connectivity index (χ1n) is 5.43. The van der Waals surface area contributed by atoms with Crippen LogP contribution in [0.2, 0.25) is 0 Å². The van der Waals surface area contributed by atoms with E-state index < -0.39 is 10.1 Å². The van der Waals surface area contributed by atoms with Crippen LogP contribution in [0, 0.1) is 0 Å². The molecule has 1 aromatic heterocycles. The van der Waals surface area contributed by atoms with Gasteiger partial charge in [0, 0.05) is 5.56 Å². The topological polar surface area (TPSA) is 95.9 Å². The van der Waals surface area contributed by atoms with E-state index in [0.29, 0.717) is 11.1 Å². The van der Waals surface area contributed by atoms with Crippen LogP contribution in [0.5, 0.6) is 0 Å². The molecule has 0 atom stereocenters. The maximum absolute atomic E-state index is 11.2. The molecule has 96 valence electrons. The smallest absolute Gasteiger partial charge is 0.282 e. The number of fused-ring (bicyclic) bond motifs is 1. The normalized spacial score (nSPS) is 11.8. The molecule has 3 rings (SSSR count). The van der Waals surface area contributed by atoms with Crippen molar-refractivity contribution in [2.75, 3.05) is 0 Å². The second kappa shape index (κ2) is 4.15. The van der Waals surface area contributed by atoms with Crippen molar-refractivity contribution in [2.24, 2.45) is 0 Å². The molecule has 7 heteroatoms. The fourth-order valence-corrected chi connectivity index (χ4v) is 2.48. The van der Waals surface area contributed by atoms with Crippen LogP contribution in [0.1, 0.15) is 0 Å². The average molecular weight is 275 g/mol. The van der Waals surface area contributed by atoms with Crippen LogP contribution >= 0.6 is 0 Å². The van der Waals surface area contributed by atoms with Gasteiger partial charge in [-0.05, 0) is 22.9 Å². The SMILES string of the molecule is O=S(=O)(O)c1ccc2cccc(-c3c[nH]nn3)c2c1. The van der Waals surface area contributed by atoms with Crippen LogP contribution in [-0.4, -0.2) is 28.4 Å². The third-order valence-electron chi connectivity index (χ3n) is 2.84. The predicted molar refractivity (Wildman–Crippen MR) is 69.1 cm³/mol. The summed E-state index contributed by atoms with van der Waals surface area (Å²) in [6.45, 7) is 0. The Morgan fingerprint density at radius 2 is 2.00 bits per heavy atom. The number of benzene rings is 2. The van der Waals surface area contributed by atoms with Crippen molar-refractivity contribution in [1.82, 2.24) is 15.4 Å². The first-order chi connectivity index (χ1) is 9.05. The predicted octanol–water partition coefficient (Wildman–Crippen LogP) is 1.87. The second-order valence-electron chi connectivity index (χ2n) is 4.02. The molecule has 0 radical (unpaired) electrons. The highest BCUT2D eigenvalue weighted by molar-refractivity contribution is 7.85. The number of rotatable bonds is 2. The van der Waals surface area contributed by atoms with Crippen molar-refractivity contribution in [2.45, 2.75) is 4.90 Å². The molecule has 0 bridgehead atoms. The van der Waals surface area contributed by atoms with Crippen molar-refractivity contribution in [3.05, 3.63) is 42.6 Å². The maximum atomic E-state index is 11.2. The van der Waals surface area contributed by atoms with E-state index in [1.165, 1.54) is 12.1 Å². The number of aromatic amines is 1. The van der Waals surface area contributed by atoms with Crippen molar-refractivity contribution >= 4 is 20.9 Å². The van der Waals surface area contributed by atoms with E-state index in [1.807, 2.05) is 18.2 Å². The van der Waals surface area contributed by atoms with Gasteiger partial charge in [-0.15, -0.1) is 5.10 Å². The Morgan fingerprint density at radius 1 is 1.16 bits per heavy atom. The lowest BCUT2D eigenvalue weighted by Crippen LogP contribution is -1.97. The lowest BCUT2D eigenvalue weighted by molar-refractivity contribution is 0.483. The molecule has 1 heterocycles. The number of hydrogen-bond acceptors (Lipinski definition) is 4. The van der Waals surface area contributed by atoms with Gasteiger partial charge in [0.15, 0.2) is 0 Å². The van der Waals surface area contributed by atoms with Crippen LogP contribution in [0.4, 0.5) is 0 Å². The summed E-state index contributed by atoms with van der Waals surface area (Å²) in [5, 5.41) is 11.7. The molecular formula is C12H9N3O3S. The van der Waals surface area contributed by atoms with Crippen molar-refractivity contribution in [3.8, 4) is 11.3 Å². The lowest BCUT2D eigenvalue weighted by atomic mass is 10.0. The van der Waals surface area contributed by atoms with Gasteiger partial charge in [-0.2, -0.15) is 8.42 Å². The van der Waals surface area contributed by atoms with E-state index in [4.69, 9.17) is 4.55 Å². The molecule has 2 aromatic carbocycles. The van der Waals surface area contributed by atoms with Crippen LogP contribution in [0.15, 0.2) is 47.5 Å². The van der Waals surface area contributed by atoms with Gasteiger partial charge in [0.1, 0.15) is 5.69 Å². The molecule has 19 heavy (non-hydrogen) atoms. The van der Waals surface area contributed by atoms with Gasteiger partial charge < -0.3 is 0 Å². The largest absolute Gasteiger partial charge is 0.294 e. The van der Waals surface area contributed by atoms with Crippen LogP contribution in [-0.2, 0) is 10.1 Å². The minimum Gasteiger partial charge on any atom is -0.282 e. The third kappa shape index (κ3) is 2.09. The summed E-state index contributed by atoms with van der Waals surface area (Å²) >= 11 is 0. The molecule has 0 unspecified atom stereocenters. The van der Waals surface area contributed by atoms with E-state index in [0.717, 1.165) is 10.9 Å². The average Bonchev–Trinajstić information content (AvgIpc) is 2.90. The zero-order valence-electron chi connectivity index (χ0n) is 9.61. The van der Waals surface area contributed by atoms with E-state index in [-0.39, 0.29) is 4.90 Å². The molecule has 0 saturated heterocycles. The molecule has 0 spiro atoms. The van der Waals surface area contributed by atoms with E-state index >= 15 is 0 Å². The Hall–Kier alpha value is -2.25. The fourth-order valence-electron chi connectivity index (χ4n) is 1.97. The van der Waals surface area contributed by atoms with Crippen molar-refractivity contribution in [1.29, 1.82) is 0 Å². The van der Waals surface area contributed by atoms with E-state index in [1.54, 1.807) is 12.3 Å². The summed E-state index contributed by atoms with van der Waals surface area (Å²) in [6, 6.07) is 9.95. The molecule has 0 aliphatic heterocycles. The zero-order valence-corrected chi connectivity index (χ0v) is 10.4. The molecule has 0 fully saturated rings. The van der Waals surface area contributed by atoms with Crippen LogP contribution in [0.3, 0.4) is 0 Å². The second-order valence-corrected chi connectivity index (χ2v) is 5.44. The summed E-state index contributed by atoms with van der Waals surface area (Å²) < 4.78 is 31.5. The molecule has 2 N–H and O–H groups in total. The lowest BCUT2D eigenvalue weighted by Gasteiger charge is -2.05. The molecule has 6 nitrogen and oxygen atoms in total. The third-order valence-corrected chi connectivity index (χ3v) is 3.69.